The van der Waals surface area contributed by atoms with Gasteiger partial charge in [0.1, 0.15) is 6.10 Å². The third-order valence-electron chi connectivity index (χ3n) is 4.58. The Bertz CT molecular complexity index is 855. The molecule has 25 heavy (non-hydrogen) atoms. The third kappa shape index (κ3) is 3.52. The number of carbonyl (C=O) groups is 1. The number of rotatable bonds is 4. The Morgan fingerprint density at radius 3 is 3.20 bits per heavy atom. The van der Waals surface area contributed by atoms with E-state index in [1.807, 2.05) is 36.5 Å². The van der Waals surface area contributed by atoms with Crippen molar-refractivity contribution in [1.29, 1.82) is 0 Å². The summed E-state index contributed by atoms with van der Waals surface area (Å²) in [7, 11) is 0. The van der Waals surface area contributed by atoms with Crippen molar-refractivity contribution in [2.75, 3.05) is 6.54 Å². The number of benzene rings is 1. The summed E-state index contributed by atoms with van der Waals surface area (Å²) in [5, 5.41) is 24.2. The van der Waals surface area contributed by atoms with Gasteiger partial charge in [-0.25, -0.2) is 4.79 Å². The van der Waals surface area contributed by atoms with Gasteiger partial charge in [0.05, 0.1) is 12.7 Å². The fourth-order valence-corrected chi connectivity index (χ4v) is 4.28. The average Bonchev–Trinajstić information content (AvgIpc) is 3.25. The highest BCUT2D eigenvalue weighted by molar-refractivity contribution is 7.19. The first kappa shape index (κ1) is 16.1. The number of H-pyrrole nitrogens is 1. The molecule has 7 heteroatoms. The van der Waals surface area contributed by atoms with E-state index >= 15 is 0 Å². The maximum atomic E-state index is 12.1. The van der Waals surface area contributed by atoms with Crippen LogP contribution in [0.5, 0.6) is 0 Å². The molecule has 0 spiro atoms. The summed E-state index contributed by atoms with van der Waals surface area (Å²) in [5.41, 5.74) is 2.33. The van der Waals surface area contributed by atoms with E-state index in [1.54, 1.807) is 11.3 Å². The van der Waals surface area contributed by atoms with Crippen LogP contribution in [0.15, 0.2) is 36.5 Å². The molecule has 4 rings (SSSR count). The van der Waals surface area contributed by atoms with E-state index in [9.17, 15) is 9.90 Å². The summed E-state index contributed by atoms with van der Waals surface area (Å²) in [6.45, 7) is 0.197. The summed E-state index contributed by atoms with van der Waals surface area (Å²) in [6, 6.07) is 9.86. The predicted molar refractivity (Wildman–Crippen MR) is 97.7 cm³/mol. The highest BCUT2D eigenvalue weighted by atomic mass is 32.1. The Morgan fingerprint density at radius 2 is 2.32 bits per heavy atom. The number of aromatic amines is 1. The van der Waals surface area contributed by atoms with Crippen molar-refractivity contribution >= 4 is 27.5 Å². The van der Waals surface area contributed by atoms with E-state index < -0.39 is 6.10 Å². The zero-order chi connectivity index (χ0) is 17.2. The normalized spacial score (nSPS) is 17.9. The molecule has 1 aromatic carbocycles. The summed E-state index contributed by atoms with van der Waals surface area (Å²) in [6.07, 6.45) is 3.70. The second kappa shape index (κ2) is 6.85. The first-order valence-corrected chi connectivity index (χ1v) is 9.23. The summed E-state index contributed by atoms with van der Waals surface area (Å²) in [5.74, 6) is 0. The van der Waals surface area contributed by atoms with Crippen molar-refractivity contribution in [2.24, 2.45) is 0 Å². The fraction of sp³-hybridized carbons (Fsp3) is 0.333. The number of carbonyl (C=O) groups excluding carboxylic acids is 1. The molecule has 2 aromatic heterocycles. The van der Waals surface area contributed by atoms with E-state index in [-0.39, 0.29) is 18.6 Å². The summed E-state index contributed by atoms with van der Waals surface area (Å²) < 4.78 is 1.14. The smallest absolute Gasteiger partial charge is 0.315 e. The van der Waals surface area contributed by atoms with Gasteiger partial charge in [-0.1, -0.05) is 18.2 Å². The van der Waals surface area contributed by atoms with Crippen LogP contribution in [0, 0.1) is 0 Å². The van der Waals surface area contributed by atoms with Gasteiger partial charge in [-0.05, 0) is 42.3 Å². The Morgan fingerprint density at radius 1 is 1.44 bits per heavy atom. The molecule has 6 nitrogen and oxygen atoms in total. The lowest BCUT2D eigenvalue weighted by Gasteiger charge is -2.23. The standard InChI is InChI=1S/C18H20N4O2S/c23-15(17-8-11-3-1-2-4-16(11)25-17)10-19-18(24)21-13-5-6-14-12(7-13)9-20-22-14/h1-4,8-9,13,15,23H,5-7,10H2,(H,20,22)(H2,19,21,24). The number of hydrogen-bond donors (Lipinski definition) is 4. The van der Waals surface area contributed by atoms with Crippen LogP contribution in [0.2, 0.25) is 0 Å². The molecule has 0 saturated carbocycles. The van der Waals surface area contributed by atoms with Crippen molar-refractivity contribution in [2.45, 2.75) is 31.4 Å². The number of nitrogens with zero attached hydrogens (tertiary/aromatic N) is 1. The number of amides is 2. The van der Waals surface area contributed by atoms with E-state index in [0.29, 0.717) is 0 Å². The molecule has 0 aliphatic heterocycles. The predicted octanol–water partition coefficient (Wildman–Crippen LogP) is 2.51. The Balaban J connectivity index is 1.29. The molecule has 2 amide bonds. The molecule has 1 aliphatic rings. The van der Waals surface area contributed by atoms with Crippen molar-refractivity contribution in [1.82, 2.24) is 20.8 Å². The van der Waals surface area contributed by atoms with Gasteiger partial charge in [0, 0.05) is 21.3 Å². The lowest BCUT2D eigenvalue weighted by molar-refractivity contribution is 0.175. The third-order valence-corrected chi connectivity index (χ3v) is 5.80. The van der Waals surface area contributed by atoms with Crippen molar-refractivity contribution in [3.8, 4) is 0 Å². The van der Waals surface area contributed by atoms with Gasteiger partial charge < -0.3 is 15.7 Å². The lowest BCUT2D eigenvalue weighted by Crippen LogP contribution is -2.45. The molecule has 3 aromatic rings. The zero-order valence-electron chi connectivity index (χ0n) is 13.7. The highest BCUT2D eigenvalue weighted by Gasteiger charge is 2.21. The number of hydrogen-bond acceptors (Lipinski definition) is 4. The van der Waals surface area contributed by atoms with Gasteiger partial charge in [0.15, 0.2) is 0 Å². The van der Waals surface area contributed by atoms with Crippen molar-refractivity contribution < 1.29 is 9.90 Å². The number of fused-ring (bicyclic) bond motifs is 2. The second-order valence-electron chi connectivity index (χ2n) is 6.37. The number of urea groups is 1. The Kier molecular flexibility index (Phi) is 4.42. The van der Waals surface area contributed by atoms with E-state index in [1.165, 1.54) is 11.3 Å². The number of aryl methyl sites for hydroxylation is 1. The van der Waals surface area contributed by atoms with Crippen LogP contribution < -0.4 is 10.6 Å². The van der Waals surface area contributed by atoms with Gasteiger partial charge in [-0.2, -0.15) is 5.10 Å². The van der Waals surface area contributed by atoms with E-state index in [4.69, 9.17) is 0 Å². The fourth-order valence-electron chi connectivity index (χ4n) is 3.23. The molecule has 4 N–H and O–H groups in total. The summed E-state index contributed by atoms with van der Waals surface area (Å²) >= 11 is 1.55. The molecular formula is C18H20N4O2S. The monoisotopic (exact) mass is 356 g/mol. The lowest BCUT2D eigenvalue weighted by atomic mass is 9.94. The minimum atomic E-state index is -0.699. The van der Waals surface area contributed by atoms with Crippen LogP contribution in [0.25, 0.3) is 10.1 Å². The SMILES string of the molecule is O=C(NCC(O)c1cc2ccccc2s1)NC1CCc2[nH]ncc2C1. The topological polar surface area (TPSA) is 90.0 Å². The number of thiophene rings is 1. The quantitative estimate of drug-likeness (QED) is 0.579. The maximum Gasteiger partial charge on any atom is 0.315 e. The first-order chi connectivity index (χ1) is 12.2. The number of aliphatic hydroxyl groups is 1. The maximum absolute atomic E-state index is 12.1. The van der Waals surface area contributed by atoms with E-state index in [0.717, 1.165) is 34.2 Å². The molecule has 0 saturated heterocycles. The zero-order valence-corrected chi connectivity index (χ0v) is 14.5. The van der Waals surface area contributed by atoms with Crippen LogP contribution in [0.3, 0.4) is 0 Å². The number of nitrogens with one attached hydrogen (secondary N) is 3. The van der Waals surface area contributed by atoms with E-state index in [2.05, 4.69) is 20.8 Å². The molecule has 130 valence electrons. The Hall–Kier alpha value is -2.38. The molecule has 0 radical (unpaired) electrons. The number of aliphatic hydroxyl groups excluding tert-OH is 1. The van der Waals surface area contributed by atoms with Gasteiger partial charge in [0.25, 0.3) is 0 Å². The van der Waals surface area contributed by atoms with Crippen LogP contribution in [0.4, 0.5) is 4.79 Å². The Labute approximate surface area is 149 Å². The highest BCUT2D eigenvalue weighted by Crippen LogP contribution is 2.29. The second-order valence-corrected chi connectivity index (χ2v) is 7.49. The van der Waals surface area contributed by atoms with Crippen LogP contribution in [-0.2, 0) is 12.8 Å². The van der Waals surface area contributed by atoms with Crippen LogP contribution in [0.1, 0.15) is 28.7 Å². The van der Waals surface area contributed by atoms with Crippen LogP contribution in [-0.4, -0.2) is 33.9 Å². The van der Waals surface area contributed by atoms with Gasteiger partial charge in [-0.15, -0.1) is 11.3 Å². The van der Waals surface area contributed by atoms with Gasteiger partial charge in [-0.3, -0.25) is 5.10 Å². The summed E-state index contributed by atoms with van der Waals surface area (Å²) in [4.78, 5) is 13.0. The van der Waals surface area contributed by atoms with Gasteiger partial charge in [0.2, 0.25) is 0 Å². The number of aromatic nitrogens is 2. The van der Waals surface area contributed by atoms with Crippen LogP contribution >= 0.6 is 11.3 Å². The molecule has 0 bridgehead atoms. The minimum absolute atomic E-state index is 0.103. The molecule has 2 heterocycles. The van der Waals surface area contributed by atoms with Crippen molar-refractivity contribution in [3.05, 3.63) is 52.7 Å². The average molecular weight is 356 g/mol. The van der Waals surface area contributed by atoms with Crippen molar-refractivity contribution in [3.63, 3.8) is 0 Å². The minimum Gasteiger partial charge on any atom is -0.386 e. The molecule has 1 aliphatic carbocycles. The molecule has 2 atom stereocenters. The largest absolute Gasteiger partial charge is 0.386 e. The molecular weight excluding hydrogens is 336 g/mol. The molecule has 2 unspecified atom stereocenters. The first-order valence-electron chi connectivity index (χ1n) is 8.41. The van der Waals surface area contributed by atoms with Gasteiger partial charge >= 0.3 is 6.03 Å². The molecule has 0 fully saturated rings.